The summed E-state index contributed by atoms with van der Waals surface area (Å²) in [5.41, 5.74) is 1.29. The van der Waals surface area contributed by atoms with Gasteiger partial charge in [-0.1, -0.05) is 15.9 Å². The summed E-state index contributed by atoms with van der Waals surface area (Å²) in [6, 6.07) is 10.7. The quantitative estimate of drug-likeness (QED) is 0.554. The van der Waals surface area contributed by atoms with Crippen molar-refractivity contribution in [1.29, 1.82) is 0 Å². The lowest BCUT2D eigenvalue weighted by molar-refractivity contribution is 0.104. The number of methoxy groups -OCH3 is 3. The van der Waals surface area contributed by atoms with Crippen molar-refractivity contribution < 1.29 is 19.0 Å². The van der Waals surface area contributed by atoms with Gasteiger partial charge in [-0.3, -0.25) is 4.79 Å². The fourth-order valence-electron chi connectivity index (χ4n) is 2.07. The lowest BCUT2D eigenvalue weighted by Gasteiger charge is -2.12. The number of hydrogen-bond donors (Lipinski definition) is 0. The molecule has 0 aliphatic rings. The zero-order chi connectivity index (χ0) is 16.8. The molecule has 0 fully saturated rings. The molecule has 120 valence electrons. The SMILES string of the molecule is COc1cc(OC)c(/C=C/C(=O)c2ccc(Br)cc2)c(OC)c1. The molecule has 2 aromatic rings. The average molecular weight is 377 g/mol. The van der Waals surface area contributed by atoms with Crippen LogP contribution in [0.5, 0.6) is 17.2 Å². The Balaban J connectivity index is 2.34. The smallest absolute Gasteiger partial charge is 0.185 e. The number of rotatable bonds is 6. The molecule has 0 aliphatic carbocycles. The Morgan fingerprint density at radius 1 is 0.957 bits per heavy atom. The topological polar surface area (TPSA) is 44.8 Å². The number of ether oxygens (including phenoxy) is 3. The zero-order valence-electron chi connectivity index (χ0n) is 13.1. The molecule has 0 amide bonds. The third kappa shape index (κ3) is 4.13. The fraction of sp³-hybridized carbons (Fsp3) is 0.167. The van der Waals surface area contributed by atoms with Crippen LogP contribution in [-0.4, -0.2) is 27.1 Å². The second-order valence-corrected chi connectivity index (χ2v) is 5.57. The van der Waals surface area contributed by atoms with Crippen LogP contribution in [0.25, 0.3) is 6.08 Å². The number of ketones is 1. The summed E-state index contributed by atoms with van der Waals surface area (Å²) in [5.74, 6) is 1.66. The third-order valence-electron chi connectivity index (χ3n) is 3.28. The molecule has 0 radical (unpaired) electrons. The Hall–Kier alpha value is -2.27. The molecule has 0 heterocycles. The predicted molar refractivity (Wildman–Crippen MR) is 93.6 cm³/mol. The molecule has 2 aromatic carbocycles. The van der Waals surface area contributed by atoms with E-state index in [1.165, 1.54) is 6.08 Å². The molecule has 0 aliphatic heterocycles. The largest absolute Gasteiger partial charge is 0.496 e. The highest BCUT2D eigenvalue weighted by molar-refractivity contribution is 9.10. The highest BCUT2D eigenvalue weighted by atomic mass is 79.9. The van der Waals surface area contributed by atoms with Crippen LogP contribution in [0.3, 0.4) is 0 Å². The van der Waals surface area contributed by atoms with Crippen molar-refractivity contribution in [2.45, 2.75) is 0 Å². The van der Waals surface area contributed by atoms with E-state index in [0.29, 0.717) is 28.4 Å². The van der Waals surface area contributed by atoms with Crippen molar-refractivity contribution in [1.82, 2.24) is 0 Å². The van der Waals surface area contributed by atoms with Crippen LogP contribution in [0.15, 0.2) is 46.9 Å². The highest BCUT2D eigenvalue weighted by Crippen LogP contribution is 2.35. The lowest BCUT2D eigenvalue weighted by atomic mass is 10.1. The van der Waals surface area contributed by atoms with Crippen LogP contribution in [0.1, 0.15) is 15.9 Å². The Bertz CT molecular complexity index is 695. The first-order valence-electron chi connectivity index (χ1n) is 6.87. The van der Waals surface area contributed by atoms with E-state index in [1.54, 1.807) is 51.7 Å². The molecule has 0 atom stereocenters. The van der Waals surface area contributed by atoms with Crippen molar-refractivity contribution in [2.24, 2.45) is 0 Å². The Morgan fingerprint density at radius 3 is 2.00 bits per heavy atom. The Kier molecular flexibility index (Phi) is 5.82. The second-order valence-electron chi connectivity index (χ2n) is 4.65. The van der Waals surface area contributed by atoms with Crippen LogP contribution < -0.4 is 14.2 Å². The summed E-state index contributed by atoms with van der Waals surface area (Å²) in [6.07, 6.45) is 3.18. The molecule has 23 heavy (non-hydrogen) atoms. The van der Waals surface area contributed by atoms with Gasteiger partial charge in [0.1, 0.15) is 17.2 Å². The third-order valence-corrected chi connectivity index (χ3v) is 3.81. The van der Waals surface area contributed by atoms with Gasteiger partial charge in [-0.05, 0) is 36.4 Å². The van der Waals surface area contributed by atoms with Crippen LogP contribution in [-0.2, 0) is 0 Å². The summed E-state index contributed by atoms with van der Waals surface area (Å²) in [6.45, 7) is 0. The van der Waals surface area contributed by atoms with Gasteiger partial charge in [-0.2, -0.15) is 0 Å². The van der Waals surface area contributed by atoms with E-state index in [9.17, 15) is 4.79 Å². The molecular weight excluding hydrogens is 360 g/mol. The van der Waals surface area contributed by atoms with Gasteiger partial charge in [0.05, 0.1) is 26.9 Å². The van der Waals surface area contributed by atoms with Gasteiger partial charge < -0.3 is 14.2 Å². The van der Waals surface area contributed by atoms with Crippen LogP contribution in [0, 0.1) is 0 Å². The van der Waals surface area contributed by atoms with Crippen molar-refractivity contribution >= 4 is 27.8 Å². The fourth-order valence-corrected chi connectivity index (χ4v) is 2.33. The molecular formula is C18H17BrO4. The first-order valence-corrected chi connectivity index (χ1v) is 7.66. The molecule has 2 rings (SSSR count). The summed E-state index contributed by atoms with van der Waals surface area (Å²) in [4.78, 5) is 12.2. The van der Waals surface area contributed by atoms with Crippen molar-refractivity contribution in [3.05, 3.63) is 58.1 Å². The molecule has 0 unspecified atom stereocenters. The van der Waals surface area contributed by atoms with Crippen LogP contribution in [0.4, 0.5) is 0 Å². The number of carbonyl (C=O) groups excluding carboxylic acids is 1. The van der Waals surface area contributed by atoms with Crippen LogP contribution >= 0.6 is 15.9 Å². The van der Waals surface area contributed by atoms with Crippen LogP contribution in [0.2, 0.25) is 0 Å². The monoisotopic (exact) mass is 376 g/mol. The van der Waals surface area contributed by atoms with Gasteiger partial charge in [-0.25, -0.2) is 0 Å². The van der Waals surface area contributed by atoms with Gasteiger partial charge in [0.15, 0.2) is 5.78 Å². The molecule has 0 spiro atoms. The summed E-state index contributed by atoms with van der Waals surface area (Å²) in [5, 5.41) is 0. The van der Waals surface area contributed by atoms with E-state index in [0.717, 1.165) is 4.47 Å². The molecule has 0 N–H and O–H groups in total. The molecule has 0 aromatic heterocycles. The van der Waals surface area contributed by atoms with Crippen molar-refractivity contribution in [3.8, 4) is 17.2 Å². The average Bonchev–Trinajstić information content (AvgIpc) is 2.59. The zero-order valence-corrected chi connectivity index (χ0v) is 14.7. The molecule has 0 bridgehead atoms. The first-order chi connectivity index (χ1) is 11.1. The maximum Gasteiger partial charge on any atom is 0.185 e. The number of allylic oxidation sites excluding steroid dienone is 1. The van der Waals surface area contributed by atoms with Gasteiger partial charge >= 0.3 is 0 Å². The van der Waals surface area contributed by atoms with Gasteiger partial charge in [0.25, 0.3) is 0 Å². The molecule has 4 nitrogen and oxygen atoms in total. The Labute approximate surface area is 143 Å². The summed E-state index contributed by atoms with van der Waals surface area (Å²) >= 11 is 3.35. The van der Waals surface area contributed by atoms with E-state index in [2.05, 4.69) is 15.9 Å². The number of benzene rings is 2. The van der Waals surface area contributed by atoms with E-state index >= 15 is 0 Å². The maximum atomic E-state index is 12.2. The first kappa shape index (κ1) is 17.1. The van der Waals surface area contributed by atoms with Crippen molar-refractivity contribution in [3.63, 3.8) is 0 Å². The standard InChI is InChI=1S/C18H17BrO4/c1-21-14-10-17(22-2)15(18(11-14)23-3)8-9-16(20)12-4-6-13(19)7-5-12/h4-11H,1-3H3/b9-8+. The lowest BCUT2D eigenvalue weighted by Crippen LogP contribution is -1.96. The summed E-state index contributed by atoms with van der Waals surface area (Å²) < 4.78 is 16.8. The van der Waals surface area contributed by atoms with Gasteiger partial charge in [-0.15, -0.1) is 0 Å². The number of hydrogen-bond acceptors (Lipinski definition) is 4. The molecule has 0 saturated heterocycles. The Morgan fingerprint density at radius 2 is 1.52 bits per heavy atom. The predicted octanol–water partition coefficient (Wildman–Crippen LogP) is 4.37. The minimum Gasteiger partial charge on any atom is -0.496 e. The maximum absolute atomic E-state index is 12.2. The summed E-state index contributed by atoms with van der Waals surface area (Å²) in [7, 11) is 4.69. The van der Waals surface area contributed by atoms with E-state index in [-0.39, 0.29) is 5.78 Å². The van der Waals surface area contributed by atoms with E-state index in [1.807, 2.05) is 12.1 Å². The highest BCUT2D eigenvalue weighted by Gasteiger charge is 2.11. The van der Waals surface area contributed by atoms with Gasteiger partial charge in [0, 0.05) is 22.2 Å². The normalized spacial score (nSPS) is 10.6. The second kappa shape index (κ2) is 7.83. The van der Waals surface area contributed by atoms with Gasteiger partial charge in [0.2, 0.25) is 0 Å². The molecule has 0 saturated carbocycles. The number of halogens is 1. The van der Waals surface area contributed by atoms with Crippen molar-refractivity contribution in [2.75, 3.05) is 21.3 Å². The minimum absolute atomic E-state index is 0.0996. The number of carbonyl (C=O) groups is 1. The van der Waals surface area contributed by atoms with E-state index in [4.69, 9.17) is 14.2 Å². The minimum atomic E-state index is -0.0996. The molecule has 5 heteroatoms. The van der Waals surface area contributed by atoms with E-state index < -0.39 is 0 Å².